The van der Waals surface area contributed by atoms with E-state index in [4.69, 9.17) is 0 Å². The number of piperazine rings is 1. The van der Waals surface area contributed by atoms with E-state index in [1.165, 1.54) is 11.1 Å². The molecule has 0 unspecified atom stereocenters. The summed E-state index contributed by atoms with van der Waals surface area (Å²) in [5.41, 5.74) is 2.50. The average Bonchev–Trinajstić information content (AvgIpc) is 3.03. The Morgan fingerprint density at radius 2 is 2.04 bits per heavy atom. The third-order valence-electron chi connectivity index (χ3n) is 4.65. The quantitative estimate of drug-likeness (QED) is 0.848. The first-order valence-corrected chi connectivity index (χ1v) is 8.73. The standard InChI is InChI=1S/C19H26N4O/c1-3-9-23-14-17(12-20-23)13-22-11-10-21(16(2)24)15-19(22)18-7-5-4-6-8-18/h4-8,12,14,19H,3,9-11,13,15H2,1-2H3/t19-/m0/s1. The second-order valence-corrected chi connectivity index (χ2v) is 6.47. The lowest BCUT2D eigenvalue weighted by molar-refractivity contribution is -0.132. The number of benzene rings is 1. The minimum absolute atomic E-state index is 0.159. The van der Waals surface area contributed by atoms with Crippen molar-refractivity contribution < 1.29 is 4.79 Å². The zero-order chi connectivity index (χ0) is 16.9. The highest BCUT2D eigenvalue weighted by Gasteiger charge is 2.29. The minimum atomic E-state index is 0.159. The van der Waals surface area contributed by atoms with Crippen LogP contribution in [-0.4, -0.2) is 45.1 Å². The van der Waals surface area contributed by atoms with Crippen molar-refractivity contribution in [3.05, 3.63) is 53.9 Å². The Morgan fingerprint density at radius 1 is 1.25 bits per heavy atom. The van der Waals surface area contributed by atoms with Crippen LogP contribution in [0.4, 0.5) is 0 Å². The fourth-order valence-corrected chi connectivity index (χ4v) is 3.36. The third kappa shape index (κ3) is 3.85. The van der Waals surface area contributed by atoms with Gasteiger partial charge in [-0.1, -0.05) is 37.3 Å². The van der Waals surface area contributed by atoms with Crippen molar-refractivity contribution in [2.24, 2.45) is 0 Å². The molecule has 0 N–H and O–H groups in total. The number of rotatable bonds is 5. The fraction of sp³-hybridized carbons (Fsp3) is 0.474. The van der Waals surface area contributed by atoms with Crippen molar-refractivity contribution in [1.82, 2.24) is 19.6 Å². The fourth-order valence-electron chi connectivity index (χ4n) is 3.36. The number of hydrogen-bond acceptors (Lipinski definition) is 3. The predicted octanol–water partition coefficient (Wildman–Crippen LogP) is 2.70. The number of carbonyl (C=O) groups excluding carboxylic acids is 1. The highest BCUT2D eigenvalue weighted by Crippen LogP contribution is 2.27. The molecular formula is C19H26N4O. The molecular weight excluding hydrogens is 300 g/mol. The van der Waals surface area contributed by atoms with Gasteiger partial charge in [0.2, 0.25) is 5.91 Å². The molecule has 5 heteroatoms. The highest BCUT2D eigenvalue weighted by atomic mass is 16.2. The summed E-state index contributed by atoms with van der Waals surface area (Å²) in [5.74, 6) is 0.159. The molecule has 0 radical (unpaired) electrons. The van der Waals surface area contributed by atoms with Gasteiger partial charge in [0.15, 0.2) is 0 Å². The SMILES string of the molecule is CCCn1cc(CN2CCN(C(C)=O)C[C@H]2c2ccccc2)cn1. The first-order valence-electron chi connectivity index (χ1n) is 8.73. The largest absolute Gasteiger partial charge is 0.340 e. The van der Waals surface area contributed by atoms with E-state index in [0.29, 0.717) is 0 Å². The Balaban J connectivity index is 1.77. The molecule has 1 aromatic heterocycles. The highest BCUT2D eigenvalue weighted by molar-refractivity contribution is 5.73. The number of nitrogens with zero attached hydrogens (tertiary/aromatic N) is 4. The van der Waals surface area contributed by atoms with E-state index in [2.05, 4.69) is 47.4 Å². The van der Waals surface area contributed by atoms with Crippen LogP contribution in [0.1, 0.15) is 37.4 Å². The van der Waals surface area contributed by atoms with Crippen LogP contribution in [0, 0.1) is 0 Å². The lowest BCUT2D eigenvalue weighted by atomic mass is 10.0. The van der Waals surface area contributed by atoms with E-state index < -0.39 is 0 Å². The van der Waals surface area contributed by atoms with Gasteiger partial charge in [-0.05, 0) is 12.0 Å². The molecule has 3 rings (SSSR count). The minimum Gasteiger partial charge on any atom is -0.340 e. The molecule has 0 spiro atoms. The van der Waals surface area contributed by atoms with Crippen molar-refractivity contribution in [3.63, 3.8) is 0 Å². The lowest BCUT2D eigenvalue weighted by Gasteiger charge is -2.41. The van der Waals surface area contributed by atoms with Gasteiger partial charge in [-0.25, -0.2) is 0 Å². The van der Waals surface area contributed by atoms with Crippen LogP contribution < -0.4 is 0 Å². The van der Waals surface area contributed by atoms with E-state index in [0.717, 1.165) is 39.1 Å². The van der Waals surface area contributed by atoms with E-state index in [-0.39, 0.29) is 11.9 Å². The number of carbonyl (C=O) groups is 1. The molecule has 128 valence electrons. The summed E-state index contributed by atoms with van der Waals surface area (Å²) in [6.07, 6.45) is 5.20. The second-order valence-electron chi connectivity index (χ2n) is 6.47. The molecule has 0 bridgehead atoms. The van der Waals surface area contributed by atoms with Crippen LogP contribution in [0.25, 0.3) is 0 Å². The first-order chi connectivity index (χ1) is 11.7. The average molecular weight is 326 g/mol. The van der Waals surface area contributed by atoms with Crippen molar-refractivity contribution in [2.45, 2.75) is 39.4 Å². The van der Waals surface area contributed by atoms with Gasteiger partial charge >= 0.3 is 0 Å². The predicted molar refractivity (Wildman–Crippen MR) is 94.4 cm³/mol. The molecule has 1 aromatic carbocycles. The third-order valence-corrected chi connectivity index (χ3v) is 4.65. The molecule has 2 heterocycles. The van der Waals surface area contributed by atoms with Crippen LogP contribution in [0.15, 0.2) is 42.7 Å². The van der Waals surface area contributed by atoms with E-state index >= 15 is 0 Å². The maximum absolute atomic E-state index is 11.8. The number of aryl methyl sites for hydroxylation is 1. The number of aromatic nitrogens is 2. The molecule has 1 amide bonds. The monoisotopic (exact) mass is 326 g/mol. The van der Waals surface area contributed by atoms with Crippen LogP contribution in [0.3, 0.4) is 0 Å². The van der Waals surface area contributed by atoms with Crippen LogP contribution >= 0.6 is 0 Å². The normalized spacial score (nSPS) is 18.8. The molecule has 1 fully saturated rings. The Morgan fingerprint density at radius 3 is 2.75 bits per heavy atom. The Labute approximate surface area is 143 Å². The molecule has 1 atom stereocenters. The van der Waals surface area contributed by atoms with Gasteiger partial charge in [0.1, 0.15) is 0 Å². The summed E-state index contributed by atoms with van der Waals surface area (Å²) >= 11 is 0. The summed E-state index contributed by atoms with van der Waals surface area (Å²) in [7, 11) is 0. The van der Waals surface area contributed by atoms with E-state index in [9.17, 15) is 4.79 Å². The lowest BCUT2D eigenvalue weighted by Crippen LogP contribution is -2.49. The summed E-state index contributed by atoms with van der Waals surface area (Å²) in [4.78, 5) is 16.2. The van der Waals surface area contributed by atoms with Gasteiger partial charge in [-0.2, -0.15) is 5.10 Å². The van der Waals surface area contributed by atoms with Crippen molar-refractivity contribution >= 4 is 5.91 Å². The van der Waals surface area contributed by atoms with Gasteiger partial charge in [-0.15, -0.1) is 0 Å². The Kier molecular flexibility index (Phi) is 5.30. The number of hydrogen-bond donors (Lipinski definition) is 0. The zero-order valence-electron chi connectivity index (χ0n) is 14.6. The van der Waals surface area contributed by atoms with Crippen molar-refractivity contribution in [1.29, 1.82) is 0 Å². The maximum atomic E-state index is 11.8. The van der Waals surface area contributed by atoms with Crippen molar-refractivity contribution in [3.8, 4) is 0 Å². The van der Waals surface area contributed by atoms with E-state index in [1.807, 2.05) is 21.8 Å². The summed E-state index contributed by atoms with van der Waals surface area (Å²) in [5, 5.41) is 4.44. The Bertz CT molecular complexity index is 667. The molecule has 2 aromatic rings. The molecule has 0 aliphatic carbocycles. The van der Waals surface area contributed by atoms with Gasteiger partial charge < -0.3 is 4.90 Å². The summed E-state index contributed by atoms with van der Waals surface area (Å²) < 4.78 is 2.01. The van der Waals surface area contributed by atoms with Gasteiger partial charge in [0, 0.05) is 51.4 Å². The number of amides is 1. The van der Waals surface area contributed by atoms with Gasteiger partial charge in [-0.3, -0.25) is 14.4 Å². The first kappa shape index (κ1) is 16.7. The smallest absolute Gasteiger partial charge is 0.219 e. The molecule has 1 saturated heterocycles. The van der Waals surface area contributed by atoms with Crippen LogP contribution in [0.2, 0.25) is 0 Å². The summed E-state index contributed by atoms with van der Waals surface area (Å²) in [6.45, 7) is 8.08. The van der Waals surface area contributed by atoms with Gasteiger partial charge in [0.05, 0.1) is 12.2 Å². The van der Waals surface area contributed by atoms with Gasteiger partial charge in [0.25, 0.3) is 0 Å². The van der Waals surface area contributed by atoms with Crippen molar-refractivity contribution in [2.75, 3.05) is 19.6 Å². The maximum Gasteiger partial charge on any atom is 0.219 e. The van der Waals surface area contributed by atoms with Crippen LogP contribution in [0.5, 0.6) is 0 Å². The molecule has 5 nitrogen and oxygen atoms in total. The van der Waals surface area contributed by atoms with Crippen LogP contribution in [-0.2, 0) is 17.9 Å². The second kappa shape index (κ2) is 7.62. The Hall–Kier alpha value is -2.14. The summed E-state index contributed by atoms with van der Waals surface area (Å²) in [6, 6.07) is 10.7. The zero-order valence-corrected chi connectivity index (χ0v) is 14.6. The molecule has 1 aliphatic heterocycles. The van der Waals surface area contributed by atoms with E-state index in [1.54, 1.807) is 6.92 Å². The molecule has 0 saturated carbocycles. The topological polar surface area (TPSA) is 41.4 Å². The molecule has 1 aliphatic rings. The molecule has 24 heavy (non-hydrogen) atoms.